The van der Waals surface area contributed by atoms with Crippen molar-refractivity contribution >= 4 is 31.9 Å². The summed E-state index contributed by atoms with van der Waals surface area (Å²) in [5, 5.41) is 2.19. The van der Waals surface area contributed by atoms with Crippen LogP contribution >= 0.6 is 15.9 Å². The van der Waals surface area contributed by atoms with Gasteiger partial charge in [-0.25, -0.2) is 0 Å². The van der Waals surface area contributed by atoms with E-state index in [1.165, 1.54) is 0 Å². The van der Waals surface area contributed by atoms with Gasteiger partial charge in [0, 0.05) is 0 Å². The number of rotatable bonds is 1. The van der Waals surface area contributed by atoms with Crippen LogP contribution in [-0.4, -0.2) is 21.3 Å². The van der Waals surface area contributed by atoms with Gasteiger partial charge in [0.25, 0.3) is 0 Å². The average molecular weight is 187 g/mol. The van der Waals surface area contributed by atoms with Gasteiger partial charge in [-0.05, 0) is 0 Å². The molecule has 0 aliphatic heterocycles. The molecule has 0 saturated carbocycles. The molecule has 0 nitrogen and oxygen atoms in total. The van der Waals surface area contributed by atoms with Crippen LogP contribution in [0.4, 0.5) is 0 Å². The van der Waals surface area contributed by atoms with E-state index < -0.39 is 0 Å². The first-order valence-electron chi connectivity index (χ1n) is 1.06. The first-order valence-corrected chi connectivity index (χ1v) is 3.39. The number of alkyl halides is 1. The van der Waals surface area contributed by atoms with E-state index in [1.807, 2.05) is 0 Å². The second kappa shape index (κ2) is 4.00. The van der Waals surface area contributed by atoms with Crippen LogP contribution in [0.2, 0.25) is 5.32 Å². The van der Waals surface area contributed by atoms with Gasteiger partial charge in [0.15, 0.2) is 0 Å². The molecule has 0 atom stereocenters. The van der Waals surface area contributed by atoms with E-state index in [0.29, 0.717) is 0 Å². The molecule has 0 N–H and O–H groups in total. The Morgan fingerprint density at radius 1 is 1.75 bits per heavy atom. The van der Waals surface area contributed by atoms with Gasteiger partial charge in [-0.15, -0.1) is 0 Å². The van der Waals surface area contributed by atoms with E-state index in [1.54, 1.807) is 0 Å². The maximum absolute atomic E-state index is 3.22. The van der Waals surface area contributed by atoms with Crippen molar-refractivity contribution in [3.8, 4) is 0 Å². The summed E-state index contributed by atoms with van der Waals surface area (Å²) >= 11 is 6.06. The fourth-order valence-electron chi connectivity index (χ4n) is 0. The molecule has 0 heterocycles. The Kier molecular flexibility index (Phi) is 5.00. The van der Waals surface area contributed by atoms with Crippen LogP contribution in [0.3, 0.4) is 0 Å². The molecular formula is C2H4BrSe. The van der Waals surface area contributed by atoms with E-state index in [4.69, 9.17) is 0 Å². The molecule has 25 valence electrons. The molecular weight excluding hydrogens is 183 g/mol. The quantitative estimate of drug-likeness (QED) is 0.423. The summed E-state index contributed by atoms with van der Waals surface area (Å²) in [5.74, 6) is 0. The molecule has 0 rings (SSSR count). The zero-order chi connectivity index (χ0) is 3.41. The maximum atomic E-state index is 3.22. The molecule has 1 radical (unpaired) electrons. The topological polar surface area (TPSA) is 0 Å². The molecule has 0 fully saturated rings. The number of hydrogen-bond donors (Lipinski definition) is 0. The minimum absolute atomic E-state index is 1.08. The van der Waals surface area contributed by atoms with Crippen molar-refractivity contribution in [3.63, 3.8) is 0 Å². The Labute approximate surface area is 42.9 Å². The van der Waals surface area contributed by atoms with Gasteiger partial charge in [-0.3, -0.25) is 0 Å². The predicted molar refractivity (Wildman–Crippen MR) is 24.4 cm³/mol. The molecule has 0 amide bonds. The molecule has 0 aliphatic rings. The summed E-state index contributed by atoms with van der Waals surface area (Å²) in [7, 11) is 0. The van der Waals surface area contributed by atoms with Gasteiger partial charge in [0.05, 0.1) is 0 Å². The monoisotopic (exact) mass is 187 g/mol. The van der Waals surface area contributed by atoms with E-state index in [2.05, 4.69) is 31.9 Å². The first kappa shape index (κ1) is 5.00. The van der Waals surface area contributed by atoms with E-state index >= 15 is 0 Å². The molecule has 2 heteroatoms. The molecule has 0 unspecified atom stereocenters. The van der Waals surface area contributed by atoms with E-state index in [-0.39, 0.29) is 0 Å². The minimum atomic E-state index is 1.08. The van der Waals surface area contributed by atoms with Crippen molar-refractivity contribution in [2.75, 3.05) is 5.33 Å². The molecule has 0 aliphatic carbocycles. The van der Waals surface area contributed by atoms with E-state index in [0.717, 1.165) is 10.6 Å². The van der Waals surface area contributed by atoms with Crippen LogP contribution < -0.4 is 0 Å². The molecule has 4 heavy (non-hydrogen) atoms. The van der Waals surface area contributed by atoms with Crippen LogP contribution in [0, 0.1) is 0 Å². The number of halogens is 1. The number of hydrogen-bond acceptors (Lipinski definition) is 0. The van der Waals surface area contributed by atoms with Gasteiger partial charge in [0.2, 0.25) is 0 Å². The molecule has 0 spiro atoms. The van der Waals surface area contributed by atoms with Crippen molar-refractivity contribution in [2.45, 2.75) is 5.32 Å². The van der Waals surface area contributed by atoms with Crippen molar-refractivity contribution in [2.24, 2.45) is 0 Å². The Hall–Kier alpha value is 0.999. The summed E-state index contributed by atoms with van der Waals surface area (Å²) < 4.78 is 0. The Balaban J connectivity index is 1.97. The third-order valence-electron chi connectivity index (χ3n) is 0.0772. The van der Waals surface area contributed by atoms with Crippen molar-refractivity contribution in [1.82, 2.24) is 0 Å². The summed E-state index contributed by atoms with van der Waals surface area (Å²) in [6.07, 6.45) is 0. The molecule has 0 saturated heterocycles. The van der Waals surface area contributed by atoms with Crippen LogP contribution in [0.25, 0.3) is 0 Å². The Morgan fingerprint density at radius 2 is 2.00 bits per heavy atom. The molecule has 0 aromatic rings. The van der Waals surface area contributed by atoms with Gasteiger partial charge >= 0.3 is 42.6 Å². The third-order valence-corrected chi connectivity index (χ3v) is 2.08. The standard InChI is InChI=1S/C2H4BrSe/c3-1-2-4/h1-2H2. The van der Waals surface area contributed by atoms with Crippen molar-refractivity contribution in [3.05, 3.63) is 0 Å². The van der Waals surface area contributed by atoms with E-state index in [9.17, 15) is 0 Å². The van der Waals surface area contributed by atoms with Crippen molar-refractivity contribution in [1.29, 1.82) is 0 Å². The Bertz CT molecular complexity index is 8.00. The third kappa shape index (κ3) is 3.00. The zero-order valence-electron chi connectivity index (χ0n) is 2.20. The Morgan fingerprint density at radius 3 is 2.00 bits per heavy atom. The average Bonchev–Trinajstić information content (AvgIpc) is 1.37. The summed E-state index contributed by atoms with van der Waals surface area (Å²) in [6, 6.07) is 0. The van der Waals surface area contributed by atoms with Gasteiger partial charge in [-0.2, -0.15) is 0 Å². The second-order valence-electron chi connectivity index (χ2n) is 0.393. The summed E-state index contributed by atoms with van der Waals surface area (Å²) in [4.78, 5) is 0. The normalized spacial score (nSPS) is 7.50. The SMILES string of the molecule is [Se]CCBr. The molecule has 0 aromatic heterocycles. The summed E-state index contributed by atoms with van der Waals surface area (Å²) in [6.45, 7) is 0. The first-order chi connectivity index (χ1) is 1.91. The van der Waals surface area contributed by atoms with Crippen LogP contribution in [0.15, 0.2) is 0 Å². The summed E-state index contributed by atoms with van der Waals surface area (Å²) in [5.41, 5.74) is 0. The van der Waals surface area contributed by atoms with Gasteiger partial charge in [0.1, 0.15) is 0 Å². The van der Waals surface area contributed by atoms with Crippen LogP contribution in [0.5, 0.6) is 0 Å². The van der Waals surface area contributed by atoms with Gasteiger partial charge in [-0.1, -0.05) is 0 Å². The molecule has 0 bridgehead atoms. The van der Waals surface area contributed by atoms with Crippen LogP contribution in [-0.2, 0) is 0 Å². The fourth-order valence-corrected chi connectivity index (χ4v) is 0. The second-order valence-corrected chi connectivity index (χ2v) is 2.04. The fraction of sp³-hybridized carbons (Fsp3) is 1.00. The van der Waals surface area contributed by atoms with Crippen molar-refractivity contribution < 1.29 is 0 Å². The van der Waals surface area contributed by atoms with Crippen LogP contribution in [0.1, 0.15) is 0 Å². The van der Waals surface area contributed by atoms with Gasteiger partial charge < -0.3 is 0 Å². The molecule has 0 aromatic carbocycles. The predicted octanol–water partition coefficient (Wildman–Crippen LogP) is 0.968. The zero-order valence-corrected chi connectivity index (χ0v) is 5.50.